The van der Waals surface area contributed by atoms with Gasteiger partial charge in [-0.15, -0.1) is 0 Å². The summed E-state index contributed by atoms with van der Waals surface area (Å²) in [5, 5.41) is 0.207. The second-order valence-corrected chi connectivity index (χ2v) is 2.88. The third-order valence-corrected chi connectivity index (χ3v) is 1.76. The number of hydrogen-bond acceptors (Lipinski definition) is 3. The van der Waals surface area contributed by atoms with Crippen LogP contribution in [0.4, 0.5) is 0 Å². The van der Waals surface area contributed by atoms with Gasteiger partial charge in [0.1, 0.15) is 10.9 Å². The smallest absolute Gasteiger partial charge is 0.153 e. The molecule has 0 aliphatic heterocycles. The van der Waals surface area contributed by atoms with Crippen molar-refractivity contribution in [2.45, 2.75) is 13.3 Å². The number of pyridine rings is 1. The van der Waals surface area contributed by atoms with Gasteiger partial charge in [0.05, 0.1) is 18.4 Å². The first-order chi connectivity index (χ1) is 6.27. The highest BCUT2D eigenvalue weighted by Crippen LogP contribution is 2.17. The minimum atomic E-state index is 0.207. The summed E-state index contributed by atoms with van der Waals surface area (Å²) in [4.78, 5) is 14.3. The summed E-state index contributed by atoms with van der Waals surface area (Å²) in [6.07, 6.45) is 3.08. The third-order valence-electron chi connectivity index (χ3n) is 1.44. The van der Waals surface area contributed by atoms with Crippen LogP contribution in [0.25, 0.3) is 0 Å². The molecule has 70 valence electrons. The van der Waals surface area contributed by atoms with Gasteiger partial charge in [0, 0.05) is 0 Å². The number of aldehydes is 1. The fraction of sp³-hybridized carbons (Fsp3) is 0.333. The highest BCUT2D eigenvalue weighted by molar-refractivity contribution is 6.31. The molecule has 13 heavy (non-hydrogen) atoms. The number of halogens is 1. The van der Waals surface area contributed by atoms with Crippen molar-refractivity contribution in [1.82, 2.24) is 4.98 Å². The minimum absolute atomic E-state index is 0.207. The van der Waals surface area contributed by atoms with Crippen LogP contribution in [-0.4, -0.2) is 17.9 Å². The molecule has 0 aliphatic rings. The lowest BCUT2D eigenvalue weighted by Crippen LogP contribution is -1.97. The fourth-order valence-corrected chi connectivity index (χ4v) is 0.974. The highest BCUT2D eigenvalue weighted by atomic mass is 35.5. The summed E-state index contributed by atoms with van der Waals surface area (Å²) in [6, 6.07) is 1.58. The van der Waals surface area contributed by atoms with Crippen LogP contribution in [0, 0.1) is 0 Å². The molecule has 0 fully saturated rings. The van der Waals surface area contributed by atoms with Gasteiger partial charge in [-0.2, -0.15) is 0 Å². The summed E-state index contributed by atoms with van der Waals surface area (Å²) in [6.45, 7) is 2.62. The van der Waals surface area contributed by atoms with E-state index in [-0.39, 0.29) is 5.15 Å². The average molecular weight is 200 g/mol. The van der Waals surface area contributed by atoms with Crippen molar-refractivity contribution >= 4 is 17.9 Å². The van der Waals surface area contributed by atoms with E-state index in [9.17, 15) is 4.79 Å². The van der Waals surface area contributed by atoms with E-state index in [0.717, 1.165) is 6.42 Å². The summed E-state index contributed by atoms with van der Waals surface area (Å²) in [7, 11) is 0. The molecular formula is C9H10ClNO2. The van der Waals surface area contributed by atoms with Gasteiger partial charge in [0.2, 0.25) is 0 Å². The summed E-state index contributed by atoms with van der Waals surface area (Å²) in [5.74, 6) is 0.577. The van der Waals surface area contributed by atoms with E-state index in [4.69, 9.17) is 16.3 Å². The van der Waals surface area contributed by atoms with E-state index in [1.54, 1.807) is 6.07 Å². The molecule has 3 nitrogen and oxygen atoms in total. The Balaban J connectivity index is 2.80. The molecule has 0 aromatic carbocycles. The molecule has 0 saturated heterocycles. The normalized spacial score (nSPS) is 9.69. The van der Waals surface area contributed by atoms with Gasteiger partial charge in [-0.25, -0.2) is 4.98 Å². The van der Waals surface area contributed by atoms with Crippen molar-refractivity contribution in [3.8, 4) is 5.75 Å². The predicted molar refractivity (Wildman–Crippen MR) is 50.4 cm³/mol. The van der Waals surface area contributed by atoms with Gasteiger partial charge in [0.15, 0.2) is 6.29 Å². The lowest BCUT2D eigenvalue weighted by Gasteiger charge is -2.04. The van der Waals surface area contributed by atoms with Gasteiger partial charge in [-0.05, 0) is 12.5 Å². The van der Waals surface area contributed by atoms with Crippen molar-refractivity contribution in [3.63, 3.8) is 0 Å². The van der Waals surface area contributed by atoms with Crippen molar-refractivity contribution < 1.29 is 9.53 Å². The minimum Gasteiger partial charge on any atom is -0.492 e. The zero-order chi connectivity index (χ0) is 9.68. The maximum atomic E-state index is 10.5. The molecule has 0 atom stereocenters. The van der Waals surface area contributed by atoms with Crippen molar-refractivity contribution in [1.29, 1.82) is 0 Å². The monoisotopic (exact) mass is 199 g/mol. The Morgan fingerprint density at radius 3 is 3.08 bits per heavy atom. The Bertz CT molecular complexity index is 302. The summed E-state index contributed by atoms with van der Waals surface area (Å²) >= 11 is 5.63. The molecule has 4 heteroatoms. The Hall–Kier alpha value is -1.09. The van der Waals surface area contributed by atoms with Gasteiger partial charge >= 0.3 is 0 Å². The standard InChI is InChI=1S/C9H10ClNO2/c1-2-3-13-8-4-7(6-12)9(10)11-5-8/h4-6H,2-3H2,1H3. The molecule has 0 unspecified atom stereocenters. The Kier molecular flexibility index (Phi) is 3.71. The van der Waals surface area contributed by atoms with Gasteiger partial charge in [-0.1, -0.05) is 18.5 Å². The summed E-state index contributed by atoms with van der Waals surface area (Å²) < 4.78 is 5.27. The molecule has 1 heterocycles. The largest absolute Gasteiger partial charge is 0.492 e. The van der Waals surface area contributed by atoms with Crippen LogP contribution < -0.4 is 4.74 Å². The molecule has 1 rings (SSSR count). The van der Waals surface area contributed by atoms with Crippen LogP contribution in [0.2, 0.25) is 5.15 Å². The second-order valence-electron chi connectivity index (χ2n) is 2.52. The van der Waals surface area contributed by atoms with E-state index < -0.39 is 0 Å². The number of nitrogens with zero attached hydrogens (tertiary/aromatic N) is 1. The van der Waals surface area contributed by atoms with E-state index >= 15 is 0 Å². The van der Waals surface area contributed by atoms with Crippen LogP contribution in [0.15, 0.2) is 12.3 Å². The van der Waals surface area contributed by atoms with Crippen LogP contribution in [0.1, 0.15) is 23.7 Å². The first-order valence-electron chi connectivity index (χ1n) is 4.01. The number of rotatable bonds is 4. The molecule has 0 spiro atoms. The average Bonchev–Trinajstić information content (AvgIpc) is 2.16. The Labute approximate surface area is 81.7 Å². The molecule has 1 aromatic heterocycles. The topological polar surface area (TPSA) is 39.2 Å². The van der Waals surface area contributed by atoms with E-state index in [0.29, 0.717) is 24.2 Å². The molecule has 0 aliphatic carbocycles. The molecule has 1 aromatic rings. The number of ether oxygens (including phenoxy) is 1. The lowest BCUT2D eigenvalue weighted by molar-refractivity contribution is 0.112. The number of aromatic nitrogens is 1. The number of hydrogen-bond donors (Lipinski definition) is 0. The predicted octanol–water partition coefficient (Wildman–Crippen LogP) is 2.34. The van der Waals surface area contributed by atoms with Gasteiger partial charge in [0.25, 0.3) is 0 Å². The maximum absolute atomic E-state index is 10.5. The third kappa shape index (κ3) is 2.70. The van der Waals surface area contributed by atoms with Crippen molar-refractivity contribution in [2.24, 2.45) is 0 Å². The molecule has 0 radical (unpaired) electrons. The Morgan fingerprint density at radius 1 is 1.69 bits per heavy atom. The highest BCUT2D eigenvalue weighted by Gasteiger charge is 2.02. The molecular weight excluding hydrogens is 190 g/mol. The van der Waals surface area contributed by atoms with Crippen LogP contribution >= 0.6 is 11.6 Å². The van der Waals surface area contributed by atoms with E-state index in [2.05, 4.69) is 4.98 Å². The zero-order valence-electron chi connectivity index (χ0n) is 7.29. The number of carbonyl (C=O) groups excluding carboxylic acids is 1. The lowest BCUT2D eigenvalue weighted by atomic mass is 10.3. The molecule has 0 bridgehead atoms. The molecule has 0 saturated carbocycles. The molecule has 0 N–H and O–H groups in total. The second kappa shape index (κ2) is 4.82. The van der Waals surface area contributed by atoms with Crippen LogP contribution in [0.5, 0.6) is 5.75 Å². The van der Waals surface area contributed by atoms with Crippen molar-refractivity contribution in [3.05, 3.63) is 23.0 Å². The SMILES string of the molecule is CCCOc1cnc(Cl)c(C=O)c1. The van der Waals surface area contributed by atoms with Crippen molar-refractivity contribution in [2.75, 3.05) is 6.61 Å². The van der Waals surface area contributed by atoms with E-state index in [1.807, 2.05) is 6.92 Å². The van der Waals surface area contributed by atoms with Crippen LogP contribution in [-0.2, 0) is 0 Å². The first-order valence-corrected chi connectivity index (χ1v) is 4.39. The number of carbonyl (C=O) groups is 1. The maximum Gasteiger partial charge on any atom is 0.153 e. The van der Waals surface area contributed by atoms with Gasteiger partial charge in [-0.3, -0.25) is 4.79 Å². The Morgan fingerprint density at radius 2 is 2.46 bits per heavy atom. The first kappa shape index (κ1) is 9.99. The zero-order valence-corrected chi connectivity index (χ0v) is 8.04. The fourth-order valence-electron chi connectivity index (χ4n) is 0.826. The van der Waals surface area contributed by atoms with Gasteiger partial charge < -0.3 is 4.74 Å². The molecule has 0 amide bonds. The van der Waals surface area contributed by atoms with Crippen LogP contribution in [0.3, 0.4) is 0 Å². The van der Waals surface area contributed by atoms with E-state index in [1.165, 1.54) is 6.20 Å². The quantitative estimate of drug-likeness (QED) is 0.552. The summed E-state index contributed by atoms with van der Waals surface area (Å²) in [5.41, 5.74) is 0.357.